The fraction of sp³-hybridized carbons (Fsp3) is 0.636. The van der Waals surface area contributed by atoms with Gasteiger partial charge in [0, 0.05) is 12.3 Å². The Morgan fingerprint density at radius 1 is 1.09 bits per heavy atom. The van der Waals surface area contributed by atoms with Crippen molar-refractivity contribution in [3.05, 3.63) is 33.1 Å². The Balaban J connectivity index is 2.33. The van der Waals surface area contributed by atoms with E-state index in [4.69, 9.17) is 19.4 Å². The van der Waals surface area contributed by atoms with Gasteiger partial charge >= 0.3 is 29.2 Å². The molecule has 1 aliphatic rings. The molecule has 2 unspecified atom stereocenters. The number of phosphoric acid groups is 3. The van der Waals surface area contributed by atoms with Crippen molar-refractivity contribution in [3.63, 3.8) is 0 Å². The maximum atomic E-state index is 13.9. The molecule has 22 heteroatoms. The van der Waals surface area contributed by atoms with Crippen LogP contribution in [-0.2, 0) is 31.6 Å². The summed E-state index contributed by atoms with van der Waals surface area (Å²) >= 11 is 0. The summed E-state index contributed by atoms with van der Waals surface area (Å²) in [5, 5.41) is 20.9. The van der Waals surface area contributed by atoms with Crippen LogP contribution in [0.15, 0.2) is 21.9 Å². The number of alkyl halides is 2. The molecule has 33 heavy (non-hydrogen) atoms. The zero-order chi connectivity index (χ0) is 25.5. The van der Waals surface area contributed by atoms with E-state index in [9.17, 15) is 47.2 Å². The number of nitrogens with one attached hydrogen (secondary N) is 1. The van der Waals surface area contributed by atoms with E-state index >= 15 is 0 Å². The van der Waals surface area contributed by atoms with Crippen LogP contribution in [0, 0.1) is 0 Å². The zero-order valence-electron chi connectivity index (χ0n) is 15.8. The number of halogens is 2. The molecule has 1 fully saturated rings. The minimum atomic E-state index is -5.93. The van der Waals surface area contributed by atoms with Crippen LogP contribution >= 0.6 is 23.5 Å². The monoisotopic (exact) mass is 548 g/mol. The first kappa shape index (κ1) is 28.1. The Morgan fingerprint density at radius 3 is 2.18 bits per heavy atom. The highest BCUT2D eigenvalue weighted by Gasteiger charge is 2.65. The van der Waals surface area contributed by atoms with Gasteiger partial charge in [-0.15, -0.1) is 0 Å². The van der Waals surface area contributed by atoms with Crippen molar-refractivity contribution < 1.29 is 70.1 Å². The van der Waals surface area contributed by atoms with Crippen LogP contribution in [0.4, 0.5) is 8.78 Å². The molecule has 0 aliphatic carbocycles. The summed E-state index contributed by atoms with van der Waals surface area (Å²) < 4.78 is 78.0. The summed E-state index contributed by atoms with van der Waals surface area (Å²) in [5.41, 5.74) is -8.17. The van der Waals surface area contributed by atoms with Gasteiger partial charge in [-0.2, -0.15) is 8.62 Å². The Labute approximate surface area is 180 Å². The molecule has 0 amide bonds. The van der Waals surface area contributed by atoms with Crippen molar-refractivity contribution in [1.29, 1.82) is 0 Å². The second-order valence-corrected chi connectivity index (χ2v) is 11.0. The van der Waals surface area contributed by atoms with Gasteiger partial charge in [0.05, 0.1) is 6.61 Å². The van der Waals surface area contributed by atoms with Crippen LogP contribution in [0.1, 0.15) is 6.23 Å². The number of ether oxygens (including phenoxy) is 1. The van der Waals surface area contributed by atoms with E-state index in [0.29, 0.717) is 10.8 Å². The standard InChI is InChI=1S/C11H17F2N2O15P3/c12-3-10(5-27-32(23,24)30-33(25,26)29-31(20,21)22)7(17)11(19,4-13)8(28-10)15-2-1-6(16)14-9(15)18/h1-2,7-8,17,19H,3-5H2,(H,23,24)(H,25,26)(H,14,16,18)(H2,20,21,22)/t7-,8-,10-,11-/m1/s1. The van der Waals surface area contributed by atoms with Gasteiger partial charge in [-0.05, 0) is 0 Å². The molecule has 1 aromatic heterocycles. The largest absolute Gasteiger partial charge is 0.490 e. The number of H-pyrrole nitrogens is 1. The first-order valence-corrected chi connectivity index (χ1v) is 12.7. The third-order valence-electron chi connectivity index (χ3n) is 4.18. The number of aliphatic hydroxyl groups excluding tert-OH is 1. The second kappa shape index (κ2) is 9.47. The van der Waals surface area contributed by atoms with Crippen molar-refractivity contribution >= 4 is 23.5 Å². The normalized spacial score (nSPS) is 31.8. The van der Waals surface area contributed by atoms with Gasteiger partial charge in [0.1, 0.15) is 19.5 Å². The van der Waals surface area contributed by atoms with Crippen LogP contribution in [0.3, 0.4) is 0 Å². The molecule has 6 atom stereocenters. The Hall–Kier alpha value is -1.17. The predicted molar refractivity (Wildman–Crippen MR) is 96.9 cm³/mol. The predicted octanol–water partition coefficient (Wildman–Crippen LogP) is -1.82. The third kappa shape index (κ3) is 6.29. The Bertz CT molecular complexity index is 1140. The number of aromatic amines is 1. The lowest BCUT2D eigenvalue weighted by Crippen LogP contribution is -2.55. The van der Waals surface area contributed by atoms with E-state index < -0.39 is 78.2 Å². The van der Waals surface area contributed by atoms with E-state index in [2.05, 4.69) is 13.1 Å². The molecule has 17 nitrogen and oxygen atoms in total. The SMILES string of the molecule is O=c1ccn([C@@H]2O[C@](CF)(COP(=O)(O)OP(=O)(O)OP(=O)(O)O)[C@@H](O)[C@]2(O)CF)c(=O)[nH]1. The molecule has 2 rings (SSSR count). The molecule has 1 aliphatic heterocycles. The van der Waals surface area contributed by atoms with Gasteiger partial charge in [0.25, 0.3) is 5.56 Å². The molecule has 7 N–H and O–H groups in total. The molecule has 0 saturated carbocycles. The summed E-state index contributed by atoms with van der Waals surface area (Å²) in [4.78, 5) is 60.5. The van der Waals surface area contributed by atoms with E-state index in [1.165, 1.54) is 0 Å². The van der Waals surface area contributed by atoms with E-state index in [-0.39, 0.29) is 0 Å². The number of aromatic nitrogens is 2. The van der Waals surface area contributed by atoms with Crippen LogP contribution < -0.4 is 11.2 Å². The summed E-state index contributed by atoms with van der Waals surface area (Å²) in [6, 6.07) is 0.733. The molecule has 1 aromatic rings. The molecule has 0 bridgehead atoms. The van der Waals surface area contributed by atoms with E-state index in [1.54, 1.807) is 4.98 Å². The summed E-state index contributed by atoms with van der Waals surface area (Å²) in [6.07, 6.45) is -4.13. The van der Waals surface area contributed by atoms with Crippen molar-refractivity contribution in [2.24, 2.45) is 0 Å². The van der Waals surface area contributed by atoms with Crippen LogP contribution in [-0.4, -0.2) is 76.6 Å². The fourth-order valence-electron chi connectivity index (χ4n) is 2.78. The Kier molecular flexibility index (Phi) is 8.05. The number of hydrogen-bond acceptors (Lipinski definition) is 11. The average molecular weight is 548 g/mol. The van der Waals surface area contributed by atoms with Crippen molar-refractivity contribution in [1.82, 2.24) is 9.55 Å². The number of rotatable bonds is 10. The van der Waals surface area contributed by atoms with Crippen LogP contribution in [0.25, 0.3) is 0 Å². The molecular formula is C11H17F2N2O15P3. The van der Waals surface area contributed by atoms with Gasteiger partial charge in [0.15, 0.2) is 17.4 Å². The molecule has 0 aromatic carbocycles. The van der Waals surface area contributed by atoms with Crippen molar-refractivity contribution in [2.45, 2.75) is 23.5 Å². The molecule has 0 radical (unpaired) electrons. The van der Waals surface area contributed by atoms with Crippen molar-refractivity contribution in [3.8, 4) is 0 Å². The van der Waals surface area contributed by atoms with E-state index in [0.717, 1.165) is 6.07 Å². The van der Waals surface area contributed by atoms with Gasteiger partial charge in [-0.1, -0.05) is 0 Å². The fourth-order valence-corrected chi connectivity index (χ4v) is 5.85. The topological polar surface area (TPSA) is 264 Å². The van der Waals surface area contributed by atoms with Gasteiger partial charge in [-0.25, -0.2) is 27.3 Å². The van der Waals surface area contributed by atoms with Gasteiger partial charge in [-0.3, -0.25) is 18.9 Å². The maximum Gasteiger partial charge on any atom is 0.490 e. The lowest BCUT2D eigenvalue weighted by Gasteiger charge is -2.31. The van der Waals surface area contributed by atoms with Crippen LogP contribution in [0.5, 0.6) is 0 Å². The third-order valence-corrected chi connectivity index (χ3v) is 7.96. The number of hydrogen-bond donors (Lipinski definition) is 7. The summed E-state index contributed by atoms with van der Waals surface area (Å²) in [6.45, 7) is -5.35. The first-order valence-electron chi connectivity index (χ1n) is 8.20. The van der Waals surface area contributed by atoms with Crippen molar-refractivity contribution in [2.75, 3.05) is 20.0 Å². The number of phosphoric ester groups is 1. The summed E-state index contributed by atoms with van der Waals surface area (Å²) in [7, 11) is -17.5. The van der Waals surface area contributed by atoms with E-state index in [1.807, 2.05) is 0 Å². The molecule has 0 spiro atoms. The summed E-state index contributed by atoms with van der Waals surface area (Å²) in [5.74, 6) is 0. The lowest BCUT2D eigenvalue weighted by atomic mass is 9.88. The highest BCUT2D eigenvalue weighted by Crippen LogP contribution is 2.66. The quantitative estimate of drug-likeness (QED) is 0.159. The molecular weight excluding hydrogens is 531 g/mol. The molecule has 1 saturated heterocycles. The lowest BCUT2D eigenvalue weighted by molar-refractivity contribution is -0.140. The highest BCUT2D eigenvalue weighted by atomic mass is 31.3. The molecule has 2 heterocycles. The smallest absolute Gasteiger partial charge is 0.387 e. The van der Waals surface area contributed by atoms with Crippen LogP contribution in [0.2, 0.25) is 0 Å². The highest BCUT2D eigenvalue weighted by molar-refractivity contribution is 7.66. The average Bonchev–Trinajstić information content (AvgIpc) is 2.86. The number of nitrogens with zero attached hydrogens (tertiary/aromatic N) is 1. The zero-order valence-corrected chi connectivity index (χ0v) is 18.5. The minimum Gasteiger partial charge on any atom is -0.387 e. The molecule has 190 valence electrons. The van der Waals surface area contributed by atoms with Gasteiger partial charge < -0.3 is 34.5 Å². The Morgan fingerprint density at radius 2 is 1.70 bits per heavy atom. The minimum absolute atomic E-state index is 0.368. The number of aliphatic hydroxyl groups is 2. The first-order chi connectivity index (χ1) is 14.9. The van der Waals surface area contributed by atoms with Gasteiger partial charge in [0.2, 0.25) is 0 Å². The second-order valence-electron chi connectivity index (χ2n) is 6.58. The maximum absolute atomic E-state index is 13.9.